The number of nitrogens with zero attached hydrogens (tertiary/aromatic N) is 4. The molecule has 0 atom stereocenters. The Hall–Kier alpha value is -2.15. The monoisotopic (exact) mass is 374 g/mol. The first-order valence-electron chi connectivity index (χ1n) is 7.66. The van der Waals surface area contributed by atoms with Crippen molar-refractivity contribution in [2.24, 2.45) is 0 Å². The average molecular weight is 375 g/mol. The summed E-state index contributed by atoms with van der Waals surface area (Å²) in [5.74, 6) is 0.934. The molecule has 2 aromatic heterocycles. The number of benzene rings is 1. The van der Waals surface area contributed by atoms with Crippen LogP contribution in [-0.4, -0.2) is 26.1 Å². The van der Waals surface area contributed by atoms with Crippen molar-refractivity contribution in [2.45, 2.75) is 26.3 Å². The Bertz CT molecular complexity index is 799. The van der Waals surface area contributed by atoms with E-state index in [1.807, 2.05) is 22.8 Å². The third kappa shape index (κ3) is 3.44. The van der Waals surface area contributed by atoms with Crippen molar-refractivity contribution in [3.63, 3.8) is 0 Å². The minimum absolute atomic E-state index is 0.396. The molecular formula is C16H19BrN6. The van der Waals surface area contributed by atoms with E-state index in [1.165, 1.54) is 5.56 Å². The predicted octanol–water partition coefficient (Wildman–Crippen LogP) is 3.24. The first kappa shape index (κ1) is 15.7. The van der Waals surface area contributed by atoms with Crippen LogP contribution in [0.3, 0.4) is 0 Å². The van der Waals surface area contributed by atoms with E-state index < -0.39 is 0 Å². The van der Waals surface area contributed by atoms with E-state index in [-0.39, 0.29) is 0 Å². The molecule has 120 valence electrons. The number of halogens is 1. The topological polar surface area (TPSA) is 81.7 Å². The maximum atomic E-state index is 6.03. The van der Waals surface area contributed by atoms with Crippen LogP contribution in [0.5, 0.6) is 0 Å². The number of nitrogens with two attached hydrogens (primary N) is 1. The molecule has 3 rings (SSSR count). The summed E-state index contributed by atoms with van der Waals surface area (Å²) in [5.41, 5.74) is 8.70. The summed E-state index contributed by atoms with van der Waals surface area (Å²) in [6.45, 7) is 3.69. The van der Waals surface area contributed by atoms with Crippen LogP contribution in [-0.2, 0) is 13.0 Å². The number of nitrogen functional groups attached to an aromatic ring is 1. The van der Waals surface area contributed by atoms with Crippen LogP contribution in [0.15, 0.2) is 35.1 Å². The van der Waals surface area contributed by atoms with Crippen molar-refractivity contribution >= 4 is 38.9 Å². The minimum Gasteiger partial charge on any atom is -0.382 e. The van der Waals surface area contributed by atoms with Crippen LogP contribution in [0.25, 0.3) is 11.2 Å². The van der Waals surface area contributed by atoms with E-state index >= 15 is 0 Å². The van der Waals surface area contributed by atoms with Gasteiger partial charge in [0.1, 0.15) is 0 Å². The molecule has 1 aromatic carbocycles. The first-order valence-corrected chi connectivity index (χ1v) is 8.45. The SMILES string of the molecule is CCCn1c(Br)nc2c(N)nc(NCCc3ccccc3)nc21. The summed E-state index contributed by atoms with van der Waals surface area (Å²) in [5, 5.41) is 3.25. The highest BCUT2D eigenvalue weighted by molar-refractivity contribution is 9.10. The molecular weight excluding hydrogens is 356 g/mol. The third-order valence-electron chi connectivity index (χ3n) is 3.56. The number of fused-ring (bicyclic) bond motifs is 1. The third-order valence-corrected chi connectivity index (χ3v) is 4.17. The van der Waals surface area contributed by atoms with Crippen molar-refractivity contribution in [1.82, 2.24) is 19.5 Å². The first-order chi connectivity index (χ1) is 11.2. The number of hydrogen-bond acceptors (Lipinski definition) is 5. The second-order valence-electron chi connectivity index (χ2n) is 5.30. The quantitative estimate of drug-likeness (QED) is 0.647. The molecule has 0 aliphatic carbocycles. The Morgan fingerprint density at radius 3 is 2.70 bits per heavy atom. The zero-order chi connectivity index (χ0) is 16.2. The van der Waals surface area contributed by atoms with Crippen molar-refractivity contribution in [1.29, 1.82) is 0 Å². The van der Waals surface area contributed by atoms with E-state index in [4.69, 9.17) is 5.73 Å². The van der Waals surface area contributed by atoms with Crippen LogP contribution < -0.4 is 11.1 Å². The highest BCUT2D eigenvalue weighted by Gasteiger charge is 2.14. The lowest BCUT2D eigenvalue weighted by atomic mass is 10.1. The van der Waals surface area contributed by atoms with Gasteiger partial charge in [-0.3, -0.25) is 0 Å². The molecule has 0 fully saturated rings. The molecule has 0 radical (unpaired) electrons. The number of rotatable bonds is 6. The van der Waals surface area contributed by atoms with Crippen LogP contribution in [0.1, 0.15) is 18.9 Å². The molecule has 0 aliphatic rings. The fraction of sp³-hybridized carbons (Fsp3) is 0.312. The smallest absolute Gasteiger partial charge is 0.226 e. The molecule has 3 N–H and O–H groups in total. The summed E-state index contributed by atoms with van der Waals surface area (Å²) in [6, 6.07) is 10.3. The molecule has 0 saturated carbocycles. The number of aryl methyl sites for hydroxylation is 1. The highest BCUT2D eigenvalue weighted by atomic mass is 79.9. The molecule has 0 saturated heterocycles. The van der Waals surface area contributed by atoms with E-state index in [2.05, 4.69) is 55.3 Å². The maximum Gasteiger partial charge on any atom is 0.226 e. The van der Waals surface area contributed by atoms with Crippen molar-refractivity contribution < 1.29 is 0 Å². The molecule has 3 aromatic rings. The lowest BCUT2D eigenvalue weighted by Crippen LogP contribution is -2.10. The zero-order valence-electron chi connectivity index (χ0n) is 13.0. The number of nitrogens with one attached hydrogen (secondary N) is 1. The van der Waals surface area contributed by atoms with Gasteiger partial charge in [-0.05, 0) is 34.3 Å². The van der Waals surface area contributed by atoms with Crippen LogP contribution in [0.2, 0.25) is 0 Å². The van der Waals surface area contributed by atoms with Gasteiger partial charge in [0, 0.05) is 13.1 Å². The molecule has 7 heteroatoms. The zero-order valence-corrected chi connectivity index (χ0v) is 14.5. The second kappa shape index (κ2) is 6.95. The van der Waals surface area contributed by atoms with E-state index in [0.29, 0.717) is 17.3 Å². The fourth-order valence-electron chi connectivity index (χ4n) is 2.46. The summed E-state index contributed by atoms with van der Waals surface area (Å²) in [4.78, 5) is 13.3. The van der Waals surface area contributed by atoms with Gasteiger partial charge in [0.15, 0.2) is 21.7 Å². The van der Waals surface area contributed by atoms with Gasteiger partial charge < -0.3 is 15.6 Å². The van der Waals surface area contributed by atoms with Gasteiger partial charge in [-0.15, -0.1) is 0 Å². The standard InChI is InChI=1S/C16H19BrN6/c1-2-10-23-14-12(20-15(23)17)13(18)21-16(22-14)19-9-8-11-6-4-3-5-7-11/h3-7H,2,8-10H2,1H3,(H3,18,19,21,22). The van der Waals surface area contributed by atoms with Crippen LogP contribution in [0, 0.1) is 0 Å². The summed E-state index contributed by atoms with van der Waals surface area (Å²) < 4.78 is 2.74. The van der Waals surface area contributed by atoms with Gasteiger partial charge >= 0.3 is 0 Å². The molecule has 0 bridgehead atoms. The van der Waals surface area contributed by atoms with Gasteiger partial charge in [0.05, 0.1) is 0 Å². The summed E-state index contributed by atoms with van der Waals surface area (Å²) >= 11 is 3.46. The molecule has 0 aliphatic heterocycles. The van der Waals surface area contributed by atoms with Crippen LogP contribution >= 0.6 is 15.9 Å². The normalized spacial score (nSPS) is 11.0. The van der Waals surface area contributed by atoms with Crippen LogP contribution in [0.4, 0.5) is 11.8 Å². The van der Waals surface area contributed by atoms with Crippen molar-refractivity contribution in [3.8, 4) is 0 Å². The number of aromatic nitrogens is 4. The van der Waals surface area contributed by atoms with Gasteiger partial charge in [-0.25, -0.2) is 4.98 Å². The molecule has 0 unspecified atom stereocenters. The summed E-state index contributed by atoms with van der Waals surface area (Å²) in [6.07, 6.45) is 1.89. The number of anilines is 2. The highest BCUT2D eigenvalue weighted by Crippen LogP contribution is 2.23. The van der Waals surface area contributed by atoms with E-state index in [0.717, 1.165) is 36.3 Å². The molecule has 2 heterocycles. The largest absolute Gasteiger partial charge is 0.382 e. The Balaban J connectivity index is 1.79. The maximum absolute atomic E-state index is 6.03. The number of hydrogen-bond donors (Lipinski definition) is 2. The lowest BCUT2D eigenvalue weighted by Gasteiger charge is -2.07. The lowest BCUT2D eigenvalue weighted by molar-refractivity contribution is 0.677. The molecule has 6 nitrogen and oxygen atoms in total. The van der Waals surface area contributed by atoms with Gasteiger partial charge in [-0.2, -0.15) is 9.97 Å². The van der Waals surface area contributed by atoms with Gasteiger partial charge in [0.25, 0.3) is 0 Å². The fourth-order valence-corrected chi connectivity index (χ4v) is 2.98. The van der Waals surface area contributed by atoms with Gasteiger partial charge in [0.2, 0.25) is 5.95 Å². The summed E-state index contributed by atoms with van der Waals surface area (Å²) in [7, 11) is 0. The Labute approximate surface area is 143 Å². The van der Waals surface area contributed by atoms with Gasteiger partial charge in [-0.1, -0.05) is 37.3 Å². The molecule has 0 spiro atoms. The Morgan fingerprint density at radius 1 is 1.17 bits per heavy atom. The minimum atomic E-state index is 0.396. The second-order valence-corrected chi connectivity index (χ2v) is 6.01. The Kier molecular flexibility index (Phi) is 4.76. The molecule has 0 amide bonds. The van der Waals surface area contributed by atoms with Crippen molar-refractivity contribution in [2.75, 3.05) is 17.6 Å². The molecule has 23 heavy (non-hydrogen) atoms. The predicted molar refractivity (Wildman–Crippen MR) is 96.4 cm³/mol. The Morgan fingerprint density at radius 2 is 1.96 bits per heavy atom. The van der Waals surface area contributed by atoms with Crippen molar-refractivity contribution in [3.05, 3.63) is 40.6 Å². The average Bonchev–Trinajstić information content (AvgIpc) is 2.86. The van der Waals surface area contributed by atoms with E-state index in [1.54, 1.807) is 0 Å². The van der Waals surface area contributed by atoms with E-state index in [9.17, 15) is 0 Å². The number of imidazole rings is 1.